The SMILES string of the molecule is COOC1(OOC)CCCC1C(=O)C=O. The first-order valence-electron chi connectivity index (χ1n) is 4.63. The molecule has 1 aliphatic carbocycles. The number of carbonyl (C=O) groups excluding carboxylic acids is 2. The molecule has 0 amide bonds. The van der Waals surface area contributed by atoms with Crippen LogP contribution in [0.1, 0.15) is 19.3 Å². The molecule has 0 saturated heterocycles. The molecule has 0 aliphatic heterocycles. The summed E-state index contributed by atoms with van der Waals surface area (Å²) in [5.74, 6) is -2.53. The molecule has 0 heterocycles. The standard InChI is InChI=1S/C9H14O6/c1-12-14-9(15-13-2)5-3-4-7(9)8(11)6-10/h6-7H,3-5H2,1-2H3. The largest absolute Gasteiger partial charge is 0.295 e. The molecule has 1 fully saturated rings. The summed E-state index contributed by atoms with van der Waals surface area (Å²) in [6.45, 7) is 0. The lowest BCUT2D eigenvalue weighted by Gasteiger charge is -2.29. The van der Waals surface area contributed by atoms with E-state index in [2.05, 4.69) is 9.78 Å². The van der Waals surface area contributed by atoms with Gasteiger partial charge in [-0.3, -0.25) is 9.59 Å². The number of Topliss-reactive ketones (excluding diaryl/α,β-unsaturated/α-hetero) is 1. The van der Waals surface area contributed by atoms with Crippen LogP contribution in [0, 0.1) is 5.92 Å². The molecule has 0 aromatic carbocycles. The molecular formula is C9H14O6. The Labute approximate surface area is 87.3 Å². The van der Waals surface area contributed by atoms with Crippen LogP contribution in [0.3, 0.4) is 0 Å². The zero-order chi connectivity index (χ0) is 11.3. The Balaban J connectivity index is 2.83. The monoisotopic (exact) mass is 218 g/mol. The van der Waals surface area contributed by atoms with E-state index in [0.717, 1.165) is 0 Å². The second-order valence-electron chi connectivity index (χ2n) is 3.28. The lowest BCUT2D eigenvalue weighted by molar-refractivity contribution is -0.504. The topological polar surface area (TPSA) is 71.1 Å². The molecular weight excluding hydrogens is 204 g/mol. The molecule has 1 rings (SSSR count). The Morgan fingerprint density at radius 2 is 1.93 bits per heavy atom. The zero-order valence-electron chi connectivity index (χ0n) is 8.73. The third-order valence-corrected chi connectivity index (χ3v) is 2.46. The first kappa shape index (κ1) is 12.3. The molecule has 1 unspecified atom stereocenters. The fourth-order valence-corrected chi connectivity index (χ4v) is 1.88. The van der Waals surface area contributed by atoms with Crippen molar-refractivity contribution in [1.29, 1.82) is 0 Å². The van der Waals surface area contributed by atoms with E-state index >= 15 is 0 Å². The van der Waals surface area contributed by atoms with Crippen molar-refractivity contribution in [3.63, 3.8) is 0 Å². The van der Waals surface area contributed by atoms with Gasteiger partial charge in [-0.25, -0.2) is 9.78 Å². The van der Waals surface area contributed by atoms with Crippen molar-refractivity contribution in [3.8, 4) is 0 Å². The van der Waals surface area contributed by atoms with Gasteiger partial charge in [0.05, 0.1) is 20.1 Å². The summed E-state index contributed by atoms with van der Waals surface area (Å²) >= 11 is 0. The van der Waals surface area contributed by atoms with E-state index < -0.39 is 17.5 Å². The summed E-state index contributed by atoms with van der Waals surface area (Å²) in [4.78, 5) is 40.7. The van der Waals surface area contributed by atoms with Crippen molar-refractivity contribution >= 4 is 12.1 Å². The van der Waals surface area contributed by atoms with Gasteiger partial charge in [0.15, 0.2) is 6.29 Å². The second-order valence-corrected chi connectivity index (χ2v) is 3.28. The highest BCUT2D eigenvalue weighted by molar-refractivity contribution is 6.26. The van der Waals surface area contributed by atoms with Crippen LogP contribution >= 0.6 is 0 Å². The first-order valence-corrected chi connectivity index (χ1v) is 4.63. The number of carbonyl (C=O) groups is 2. The van der Waals surface area contributed by atoms with Gasteiger partial charge in [-0.15, -0.1) is 0 Å². The van der Waals surface area contributed by atoms with E-state index in [1.807, 2.05) is 0 Å². The van der Waals surface area contributed by atoms with Crippen molar-refractivity contribution in [2.75, 3.05) is 14.2 Å². The minimum absolute atomic E-state index is 0.267. The molecule has 0 spiro atoms. The van der Waals surface area contributed by atoms with Gasteiger partial charge in [-0.05, 0) is 12.8 Å². The van der Waals surface area contributed by atoms with Gasteiger partial charge in [-0.1, -0.05) is 0 Å². The van der Waals surface area contributed by atoms with Gasteiger partial charge < -0.3 is 0 Å². The van der Waals surface area contributed by atoms with Crippen molar-refractivity contribution in [3.05, 3.63) is 0 Å². The minimum Gasteiger partial charge on any atom is -0.295 e. The van der Waals surface area contributed by atoms with Crippen LogP contribution < -0.4 is 0 Å². The fraction of sp³-hybridized carbons (Fsp3) is 0.778. The fourth-order valence-electron chi connectivity index (χ4n) is 1.88. The quantitative estimate of drug-likeness (QED) is 0.211. The smallest absolute Gasteiger partial charge is 0.243 e. The highest BCUT2D eigenvalue weighted by Crippen LogP contribution is 2.40. The minimum atomic E-state index is -1.29. The molecule has 1 atom stereocenters. The highest BCUT2D eigenvalue weighted by atomic mass is 17.3. The molecule has 15 heavy (non-hydrogen) atoms. The van der Waals surface area contributed by atoms with Crippen LogP contribution in [0.2, 0.25) is 0 Å². The van der Waals surface area contributed by atoms with Crippen LogP contribution in [0.5, 0.6) is 0 Å². The van der Waals surface area contributed by atoms with Gasteiger partial charge in [0.2, 0.25) is 11.6 Å². The maximum atomic E-state index is 11.3. The molecule has 1 saturated carbocycles. The molecule has 0 aromatic heterocycles. The average Bonchev–Trinajstić information content (AvgIpc) is 2.62. The molecule has 6 heteroatoms. The third-order valence-electron chi connectivity index (χ3n) is 2.46. The lowest BCUT2D eigenvalue weighted by atomic mass is 9.98. The normalized spacial score (nSPS) is 24.0. The van der Waals surface area contributed by atoms with Gasteiger partial charge in [-0.2, -0.15) is 9.78 Å². The molecule has 86 valence electrons. The summed E-state index contributed by atoms with van der Waals surface area (Å²) < 4.78 is 0. The zero-order valence-corrected chi connectivity index (χ0v) is 8.73. The Morgan fingerprint density at radius 1 is 1.33 bits per heavy atom. The van der Waals surface area contributed by atoms with Crippen molar-refractivity contribution in [2.24, 2.45) is 5.92 Å². The van der Waals surface area contributed by atoms with E-state index in [9.17, 15) is 9.59 Å². The van der Waals surface area contributed by atoms with E-state index in [-0.39, 0.29) is 6.29 Å². The van der Waals surface area contributed by atoms with E-state index in [4.69, 9.17) is 9.78 Å². The highest BCUT2D eigenvalue weighted by Gasteiger charge is 2.51. The Hall–Kier alpha value is -0.820. The predicted octanol–water partition coefficient (Wildman–Crippen LogP) is 0.407. The summed E-state index contributed by atoms with van der Waals surface area (Å²) in [5, 5.41) is 0. The van der Waals surface area contributed by atoms with Crippen molar-refractivity contribution in [2.45, 2.75) is 25.0 Å². The second kappa shape index (κ2) is 5.32. The van der Waals surface area contributed by atoms with Gasteiger partial charge in [0.25, 0.3) is 0 Å². The van der Waals surface area contributed by atoms with Gasteiger partial charge in [0.1, 0.15) is 0 Å². The van der Waals surface area contributed by atoms with Gasteiger partial charge >= 0.3 is 0 Å². The predicted molar refractivity (Wildman–Crippen MR) is 47.3 cm³/mol. The number of ketones is 1. The van der Waals surface area contributed by atoms with Crippen LogP contribution in [-0.4, -0.2) is 32.1 Å². The molecule has 0 N–H and O–H groups in total. The van der Waals surface area contributed by atoms with Crippen LogP contribution in [0.25, 0.3) is 0 Å². The van der Waals surface area contributed by atoms with E-state index in [1.165, 1.54) is 14.2 Å². The summed E-state index contributed by atoms with van der Waals surface area (Å²) in [6, 6.07) is 0. The molecule has 0 bridgehead atoms. The average molecular weight is 218 g/mol. The Bertz CT molecular complexity index is 233. The van der Waals surface area contributed by atoms with Crippen LogP contribution in [0.4, 0.5) is 0 Å². The number of hydrogen-bond acceptors (Lipinski definition) is 6. The van der Waals surface area contributed by atoms with Crippen molar-refractivity contribution in [1.82, 2.24) is 0 Å². The summed E-state index contributed by atoms with van der Waals surface area (Å²) in [7, 11) is 2.61. The Morgan fingerprint density at radius 3 is 2.40 bits per heavy atom. The van der Waals surface area contributed by atoms with Crippen LogP contribution in [0.15, 0.2) is 0 Å². The van der Waals surface area contributed by atoms with E-state index in [0.29, 0.717) is 19.3 Å². The maximum Gasteiger partial charge on any atom is 0.243 e. The number of aldehydes is 1. The van der Waals surface area contributed by atoms with Crippen LogP contribution in [-0.2, 0) is 29.1 Å². The molecule has 0 radical (unpaired) electrons. The molecule has 1 aliphatic rings. The summed E-state index contributed by atoms with van der Waals surface area (Å²) in [5.41, 5.74) is 0. The lowest BCUT2D eigenvalue weighted by Crippen LogP contribution is -2.43. The summed E-state index contributed by atoms with van der Waals surface area (Å²) in [6.07, 6.45) is 1.93. The van der Waals surface area contributed by atoms with Gasteiger partial charge in [0, 0.05) is 6.42 Å². The number of hydrogen-bond donors (Lipinski definition) is 0. The molecule has 6 nitrogen and oxygen atoms in total. The maximum absolute atomic E-state index is 11.3. The third kappa shape index (κ3) is 2.40. The van der Waals surface area contributed by atoms with E-state index in [1.54, 1.807) is 0 Å². The Kier molecular flexibility index (Phi) is 4.34. The molecule has 0 aromatic rings. The first-order chi connectivity index (χ1) is 7.20. The number of rotatable bonds is 6. The van der Waals surface area contributed by atoms with Crippen molar-refractivity contribution < 1.29 is 29.1 Å².